The van der Waals surface area contributed by atoms with Crippen molar-refractivity contribution in [3.63, 3.8) is 0 Å². The lowest BCUT2D eigenvalue weighted by Gasteiger charge is -2.11. The molecule has 2 amide bonds. The van der Waals surface area contributed by atoms with Crippen molar-refractivity contribution in [3.8, 4) is 5.95 Å². The Morgan fingerprint density at radius 2 is 1.73 bits per heavy atom. The first-order valence-corrected chi connectivity index (χ1v) is 11.0. The molecule has 0 spiro atoms. The summed E-state index contributed by atoms with van der Waals surface area (Å²) in [6.07, 6.45) is 0. The average Bonchev–Trinajstić information content (AvgIpc) is 3.33. The highest BCUT2D eigenvalue weighted by molar-refractivity contribution is 7.99. The van der Waals surface area contributed by atoms with Crippen molar-refractivity contribution in [3.05, 3.63) is 77.6 Å². The SMILES string of the molecule is Cc1cc(C)n(-c2nnc(SCC(=O)Nc3ccccc3C(=O)Nc3ccccc3)n2N)n1. The number of nitrogens with one attached hydrogen (secondary N) is 2. The van der Waals surface area contributed by atoms with Crippen LogP contribution in [0.15, 0.2) is 65.8 Å². The predicted molar refractivity (Wildman–Crippen MR) is 127 cm³/mol. The van der Waals surface area contributed by atoms with E-state index in [0.29, 0.717) is 28.0 Å². The molecule has 0 aliphatic heterocycles. The molecule has 2 aromatic heterocycles. The van der Waals surface area contributed by atoms with E-state index in [4.69, 9.17) is 5.84 Å². The van der Waals surface area contributed by atoms with Gasteiger partial charge in [-0.2, -0.15) is 5.10 Å². The maximum Gasteiger partial charge on any atom is 0.271 e. The van der Waals surface area contributed by atoms with Crippen molar-refractivity contribution >= 4 is 35.0 Å². The Kier molecular flexibility index (Phi) is 6.41. The van der Waals surface area contributed by atoms with Gasteiger partial charge in [-0.05, 0) is 44.2 Å². The van der Waals surface area contributed by atoms with Crippen LogP contribution in [0.1, 0.15) is 21.7 Å². The number of rotatable bonds is 7. The van der Waals surface area contributed by atoms with Crippen LogP contribution >= 0.6 is 11.8 Å². The van der Waals surface area contributed by atoms with Gasteiger partial charge in [0.15, 0.2) is 0 Å². The van der Waals surface area contributed by atoms with Crippen LogP contribution in [0.3, 0.4) is 0 Å². The first kappa shape index (κ1) is 22.1. The van der Waals surface area contributed by atoms with Crippen molar-refractivity contribution in [2.45, 2.75) is 19.0 Å². The summed E-state index contributed by atoms with van der Waals surface area (Å²) in [6.45, 7) is 3.76. The number of nitrogens with two attached hydrogens (primary N) is 1. The number of para-hydroxylation sites is 2. The second-order valence-corrected chi connectivity index (χ2v) is 8.14. The molecule has 0 unspecified atom stereocenters. The van der Waals surface area contributed by atoms with Gasteiger partial charge in [-0.25, -0.2) is 9.36 Å². The first-order chi connectivity index (χ1) is 15.9. The zero-order chi connectivity index (χ0) is 23.4. The summed E-state index contributed by atoms with van der Waals surface area (Å²) in [5.41, 5.74) is 3.13. The van der Waals surface area contributed by atoms with Gasteiger partial charge in [0.2, 0.25) is 11.1 Å². The number of benzene rings is 2. The minimum atomic E-state index is -0.319. The molecule has 0 aliphatic rings. The summed E-state index contributed by atoms with van der Waals surface area (Å²) in [7, 11) is 0. The number of aromatic nitrogens is 5. The highest BCUT2D eigenvalue weighted by atomic mass is 32.2. The van der Waals surface area contributed by atoms with Crippen molar-refractivity contribution in [2.75, 3.05) is 22.2 Å². The summed E-state index contributed by atoms with van der Waals surface area (Å²) in [5.74, 6) is 5.87. The number of amides is 2. The van der Waals surface area contributed by atoms with E-state index in [2.05, 4.69) is 25.9 Å². The van der Waals surface area contributed by atoms with E-state index in [1.165, 1.54) is 4.68 Å². The van der Waals surface area contributed by atoms with Crippen LogP contribution in [0.2, 0.25) is 0 Å². The van der Waals surface area contributed by atoms with Crippen molar-refractivity contribution in [2.24, 2.45) is 0 Å². The molecule has 33 heavy (non-hydrogen) atoms. The normalized spacial score (nSPS) is 10.7. The second kappa shape index (κ2) is 9.57. The Morgan fingerprint density at radius 3 is 2.45 bits per heavy atom. The molecule has 0 aliphatic carbocycles. The Bertz CT molecular complexity index is 1300. The van der Waals surface area contributed by atoms with E-state index >= 15 is 0 Å². The highest BCUT2D eigenvalue weighted by Gasteiger charge is 2.17. The van der Waals surface area contributed by atoms with Gasteiger partial charge in [0.25, 0.3) is 11.9 Å². The lowest BCUT2D eigenvalue weighted by molar-refractivity contribution is -0.113. The lowest BCUT2D eigenvalue weighted by Crippen LogP contribution is -2.20. The maximum atomic E-state index is 12.7. The number of carbonyl (C=O) groups is 2. The Morgan fingerprint density at radius 1 is 1.00 bits per heavy atom. The molecule has 0 bridgehead atoms. The quantitative estimate of drug-likeness (QED) is 0.284. The lowest BCUT2D eigenvalue weighted by atomic mass is 10.1. The van der Waals surface area contributed by atoms with E-state index < -0.39 is 0 Å². The summed E-state index contributed by atoms with van der Waals surface area (Å²) in [5, 5.41) is 18.5. The number of hydrogen-bond donors (Lipinski definition) is 3. The molecule has 10 nitrogen and oxygen atoms in total. The van der Waals surface area contributed by atoms with E-state index in [1.807, 2.05) is 38.1 Å². The van der Waals surface area contributed by atoms with Crippen molar-refractivity contribution < 1.29 is 9.59 Å². The second-order valence-electron chi connectivity index (χ2n) is 7.19. The molecule has 0 saturated heterocycles. The third-order valence-corrected chi connectivity index (χ3v) is 5.60. The number of aryl methyl sites for hydroxylation is 2. The Hall–Kier alpha value is -4.12. The molecule has 0 fully saturated rings. The molecule has 0 atom stereocenters. The van der Waals surface area contributed by atoms with Gasteiger partial charge >= 0.3 is 0 Å². The molecule has 11 heteroatoms. The molecule has 168 valence electrons. The first-order valence-electron chi connectivity index (χ1n) is 10.0. The molecular weight excluding hydrogens is 440 g/mol. The third kappa shape index (κ3) is 5.04. The van der Waals surface area contributed by atoms with Crippen LogP contribution in [0.5, 0.6) is 0 Å². The summed E-state index contributed by atoms with van der Waals surface area (Å²) >= 11 is 1.13. The van der Waals surface area contributed by atoms with Gasteiger partial charge in [0.05, 0.1) is 22.7 Å². The number of hydrogen-bond acceptors (Lipinski definition) is 7. The number of anilines is 2. The van der Waals surface area contributed by atoms with Crippen molar-refractivity contribution in [1.82, 2.24) is 24.7 Å². The minimum Gasteiger partial charge on any atom is -0.334 e. The van der Waals surface area contributed by atoms with Gasteiger partial charge in [-0.15, -0.1) is 10.2 Å². The molecule has 4 aromatic rings. The maximum absolute atomic E-state index is 12.7. The smallest absolute Gasteiger partial charge is 0.271 e. The van der Waals surface area contributed by atoms with Crippen LogP contribution in [-0.2, 0) is 4.79 Å². The molecular formula is C22H22N8O2S. The predicted octanol–water partition coefficient (Wildman–Crippen LogP) is 2.78. The van der Waals surface area contributed by atoms with E-state index in [-0.39, 0.29) is 17.6 Å². The number of carbonyl (C=O) groups excluding carboxylic acids is 2. The molecule has 0 saturated carbocycles. The number of nitrogens with zero attached hydrogens (tertiary/aromatic N) is 5. The van der Waals surface area contributed by atoms with E-state index in [0.717, 1.165) is 23.1 Å². The van der Waals surface area contributed by atoms with Gasteiger partial charge in [0, 0.05) is 11.4 Å². The van der Waals surface area contributed by atoms with Crippen LogP contribution in [0.4, 0.5) is 11.4 Å². The fourth-order valence-electron chi connectivity index (χ4n) is 3.17. The van der Waals surface area contributed by atoms with Crippen LogP contribution < -0.4 is 16.5 Å². The molecule has 4 rings (SSSR count). The van der Waals surface area contributed by atoms with E-state index in [9.17, 15) is 9.59 Å². The fourth-order valence-corrected chi connectivity index (χ4v) is 3.82. The van der Waals surface area contributed by atoms with Gasteiger partial charge in [-0.3, -0.25) is 9.59 Å². The van der Waals surface area contributed by atoms with Gasteiger partial charge in [0.1, 0.15) is 0 Å². The highest BCUT2D eigenvalue weighted by Crippen LogP contribution is 2.20. The van der Waals surface area contributed by atoms with Crippen LogP contribution in [-0.4, -0.2) is 42.2 Å². The Balaban J connectivity index is 1.41. The minimum absolute atomic E-state index is 0.0289. The largest absolute Gasteiger partial charge is 0.334 e. The third-order valence-electron chi connectivity index (χ3n) is 4.66. The molecule has 2 aromatic carbocycles. The van der Waals surface area contributed by atoms with Gasteiger partial charge in [-0.1, -0.05) is 42.1 Å². The van der Waals surface area contributed by atoms with Crippen LogP contribution in [0, 0.1) is 13.8 Å². The Labute approximate surface area is 194 Å². The zero-order valence-corrected chi connectivity index (χ0v) is 18.8. The van der Waals surface area contributed by atoms with E-state index in [1.54, 1.807) is 41.1 Å². The molecule has 0 radical (unpaired) electrons. The number of nitrogen functional groups attached to an aromatic ring is 1. The van der Waals surface area contributed by atoms with Gasteiger partial charge < -0.3 is 16.5 Å². The molecule has 2 heterocycles. The van der Waals surface area contributed by atoms with Crippen molar-refractivity contribution in [1.29, 1.82) is 0 Å². The zero-order valence-electron chi connectivity index (χ0n) is 18.0. The summed E-state index contributed by atoms with van der Waals surface area (Å²) < 4.78 is 2.88. The number of thioether (sulfide) groups is 1. The summed E-state index contributed by atoms with van der Waals surface area (Å²) in [4.78, 5) is 25.3. The average molecular weight is 463 g/mol. The summed E-state index contributed by atoms with van der Waals surface area (Å²) in [6, 6.07) is 17.8. The molecule has 4 N–H and O–H groups in total. The standard InChI is InChI=1S/C22H22N8O2S/c1-14-12-15(2)30(28-14)21-26-27-22(29(21)23)33-13-19(31)25-18-11-7-6-10-17(18)20(32)24-16-8-4-3-5-9-16/h3-12H,13,23H2,1-2H3,(H,24,32)(H,25,31). The fraction of sp³-hybridized carbons (Fsp3) is 0.136. The van der Waals surface area contributed by atoms with Crippen LogP contribution in [0.25, 0.3) is 5.95 Å². The topological polar surface area (TPSA) is 133 Å². The monoisotopic (exact) mass is 462 g/mol.